The second-order valence-corrected chi connectivity index (χ2v) is 6.40. The van der Waals surface area contributed by atoms with Crippen molar-refractivity contribution in [2.24, 2.45) is 5.41 Å². The number of halogens is 1. The minimum atomic E-state index is 0.283. The van der Waals surface area contributed by atoms with E-state index in [1.54, 1.807) is 0 Å². The normalized spacial score (nSPS) is 21.1. The quantitative estimate of drug-likeness (QED) is 0.654. The Morgan fingerprint density at radius 3 is 2.29 bits per heavy atom. The topological polar surface area (TPSA) is 0 Å². The first-order valence-electron chi connectivity index (χ1n) is 6.80. The fraction of sp³-hybridized carbons (Fsp3) is 0.625. The first-order chi connectivity index (χ1) is 8.10. The maximum atomic E-state index is 6.68. The Morgan fingerprint density at radius 1 is 1.12 bits per heavy atom. The molecule has 94 valence electrons. The highest BCUT2D eigenvalue weighted by molar-refractivity contribution is 6.21. The largest absolute Gasteiger partial charge is 0.122 e. The molecule has 0 heterocycles. The van der Waals surface area contributed by atoms with E-state index in [1.807, 2.05) is 0 Å². The van der Waals surface area contributed by atoms with E-state index >= 15 is 0 Å². The van der Waals surface area contributed by atoms with Crippen molar-refractivity contribution in [1.29, 1.82) is 0 Å². The van der Waals surface area contributed by atoms with Gasteiger partial charge in [0.25, 0.3) is 0 Å². The van der Waals surface area contributed by atoms with Crippen LogP contribution in [-0.4, -0.2) is 5.38 Å². The Balaban J connectivity index is 2.00. The molecule has 0 saturated heterocycles. The van der Waals surface area contributed by atoms with Crippen LogP contribution in [0, 0.1) is 12.3 Å². The van der Waals surface area contributed by atoms with E-state index in [0.717, 1.165) is 6.42 Å². The SMILES string of the molecule is Cc1ccc(CC(Cl)C2(C)CCCCC2)cc1. The number of hydrogen-bond donors (Lipinski definition) is 0. The summed E-state index contributed by atoms with van der Waals surface area (Å²) in [6.07, 6.45) is 7.71. The summed E-state index contributed by atoms with van der Waals surface area (Å²) in [6, 6.07) is 8.80. The summed E-state index contributed by atoms with van der Waals surface area (Å²) < 4.78 is 0. The van der Waals surface area contributed by atoms with E-state index in [9.17, 15) is 0 Å². The fourth-order valence-electron chi connectivity index (χ4n) is 2.85. The third kappa shape index (κ3) is 3.25. The van der Waals surface area contributed by atoms with E-state index in [2.05, 4.69) is 38.1 Å². The van der Waals surface area contributed by atoms with Crippen LogP contribution in [0.3, 0.4) is 0 Å². The second-order valence-electron chi connectivity index (χ2n) is 5.87. The Hall–Kier alpha value is -0.490. The molecule has 1 aliphatic rings. The maximum Gasteiger partial charge on any atom is 0.0430 e. The number of alkyl halides is 1. The third-order valence-corrected chi connectivity index (χ3v) is 4.97. The molecular formula is C16H23Cl. The highest BCUT2D eigenvalue weighted by Crippen LogP contribution is 2.42. The lowest BCUT2D eigenvalue weighted by molar-refractivity contribution is 0.205. The van der Waals surface area contributed by atoms with Crippen molar-refractivity contribution >= 4 is 11.6 Å². The highest BCUT2D eigenvalue weighted by Gasteiger charge is 2.34. The van der Waals surface area contributed by atoms with E-state index in [-0.39, 0.29) is 5.38 Å². The summed E-state index contributed by atoms with van der Waals surface area (Å²) in [5.74, 6) is 0. The molecule has 1 aliphatic carbocycles. The molecule has 0 aliphatic heterocycles. The van der Waals surface area contributed by atoms with Crippen molar-refractivity contribution in [1.82, 2.24) is 0 Å². The Morgan fingerprint density at radius 2 is 1.71 bits per heavy atom. The van der Waals surface area contributed by atoms with Crippen LogP contribution in [0.1, 0.15) is 50.2 Å². The Kier molecular flexibility index (Phi) is 4.14. The van der Waals surface area contributed by atoms with E-state index in [0.29, 0.717) is 5.41 Å². The van der Waals surface area contributed by atoms with Gasteiger partial charge in [0.05, 0.1) is 0 Å². The van der Waals surface area contributed by atoms with Crippen LogP contribution in [0.4, 0.5) is 0 Å². The van der Waals surface area contributed by atoms with Gasteiger partial charge in [0.15, 0.2) is 0 Å². The van der Waals surface area contributed by atoms with Crippen LogP contribution >= 0.6 is 11.6 Å². The fourth-order valence-corrected chi connectivity index (χ4v) is 3.25. The maximum absolute atomic E-state index is 6.68. The highest BCUT2D eigenvalue weighted by atomic mass is 35.5. The molecule has 0 spiro atoms. The molecule has 0 radical (unpaired) electrons. The molecule has 0 aromatic heterocycles. The monoisotopic (exact) mass is 250 g/mol. The van der Waals surface area contributed by atoms with E-state index < -0.39 is 0 Å². The van der Waals surface area contributed by atoms with Gasteiger partial charge in [-0.3, -0.25) is 0 Å². The minimum absolute atomic E-state index is 0.283. The average Bonchev–Trinajstić information content (AvgIpc) is 2.33. The van der Waals surface area contributed by atoms with Gasteiger partial charge >= 0.3 is 0 Å². The molecule has 1 unspecified atom stereocenters. The van der Waals surface area contributed by atoms with Gasteiger partial charge in [0, 0.05) is 5.38 Å². The van der Waals surface area contributed by atoms with E-state index in [4.69, 9.17) is 11.6 Å². The molecule has 0 bridgehead atoms. The first-order valence-corrected chi connectivity index (χ1v) is 7.23. The van der Waals surface area contributed by atoms with Gasteiger partial charge in [-0.25, -0.2) is 0 Å². The van der Waals surface area contributed by atoms with Crippen LogP contribution in [-0.2, 0) is 6.42 Å². The molecule has 0 nitrogen and oxygen atoms in total. The summed E-state index contributed by atoms with van der Waals surface area (Å²) in [5.41, 5.74) is 3.05. The lowest BCUT2D eigenvalue weighted by Crippen LogP contribution is -2.32. The molecular weight excluding hydrogens is 228 g/mol. The molecule has 1 saturated carbocycles. The van der Waals surface area contributed by atoms with Gasteiger partial charge in [-0.15, -0.1) is 11.6 Å². The van der Waals surface area contributed by atoms with Gasteiger partial charge < -0.3 is 0 Å². The lowest BCUT2D eigenvalue weighted by atomic mass is 9.72. The number of benzene rings is 1. The molecule has 2 rings (SSSR count). The molecule has 1 atom stereocenters. The number of hydrogen-bond acceptors (Lipinski definition) is 0. The first kappa shape index (κ1) is 13.0. The predicted octanol–water partition coefficient (Wildman–Crippen LogP) is 5.12. The summed E-state index contributed by atoms with van der Waals surface area (Å²) >= 11 is 6.68. The van der Waals surface area contributed by atoms with Crippen LogP contribution in [0.5, 0.6) is 0 Å². The van der Waals surface area contributed by atoms with Crippen LogP contribution in [0.15, 0.2) is 24.3 Å². The second kappa shape index (κ2) is 5.44. The van der Waals surface area contributed by atoms with E-state index in [1.165, 1.54) is 43.2 Å². The van der Waals surface area contributed by atoms with Crippen molar-refractivity contribution in [2.45, 2.75) is 57.7 Å². The van der Waals surface area contributed by atoms with Gasteiger partial charge in [-0.05, 0) is 37.2 Å². The van der Waals surface area contributed by atoms with Gasteiger partial charge in [-0.2, -0.15) is 0 Å². The number of rotatable bonds is 3. The van der Waals surface area contributed by atoms with Gasteiger partial charge in [0.2, 0.25) is 0 Å². The third-order valence-electron chi connectivity index (χ3n) is 4.29. The standard InChI is InChI=1S/C16H23Cl/c1-13-6-8-14(9-7-13)12-15(17)16(2)10-4-3-5-11-16/h6-9,15H,3-5,10-12H2,1-2H3. The molecule has 0 amide bonds. The molecule has 17 heavy (non-hydrogen) atoms. The molecule has 1 aromatic carbocycles. The summed E-state index contributed by atoms with van der Waals surface area (Å²) in [4.78, 5) is 0. The molecule has 1 heteroatoms. The average molecular weight is 251 g/mol. The Bertz CT molecular complexity index is 346. The van der Waals surface area contributed by atoms with Crippen molar-refractivity contribution in [3.05, 3.63) is 35.4 Å². The van der Waals surface area contributed by atoms with Crippen LogP contribution < -0.4 is 0 Å². The van der Waals surface area contributed by atoms with Gasteiger partial charge in [-0.1, -0.05) is 56.0 Å². The summed E-state index contributed by atoms with van der Waals surface area (Å²) in [7, 11) is 0. The Labute approximate surface area is 110 Å². The van der Waals surface area contributed by atoms with Gasteiger partial charge in [0.1, 0.15) is 0 Å². The zero-order valence-electron chi connectivity index (χ0n) is 11.0. The van der Waals surface area contributed by atoms with Crippen LogP contribution in [0.25, 0.3) is 0 Å². The minimum Gasteiger partial charge on any atom is -0.122 e. The van der Waals surface area contributed by atoms with Crippen molar-refractivity contribution in [3.8, 4) is 0 Å². The molecule has 1 fully saturated rings. The summed E-state index contributed by atoms with van der Waals surface area (Å²) in [5, 5.41) is 0.283. The predicted molar refractivity (Wildman–Crippen MR) is 75.7 cm³/mol. The van der Waals surface area contributed by atoms with Crippen molar-refractivity contribution in [3.63, 3.8) is 0 Å². The lowest BCUT2D eigenvalue weighted by Gasteiger charge is -2.37. The van der Waals surface area contributed by atoms with Crippen LogP contribution in [0.2, 0.25) is 0 Å². The van der Waals surface area contributed by atoms with Crippen molar-refractivity contribution in [2.75, 3.05) is 0 Å². The summed E-state index contributed by atoms with van der Waals surface area (Å²) in [6.45, 7) is 4.50. The zero-order valence-corrected chi connectivity index (χ0v) is 11.8. The zero-order chi connectivity index (χ0) is 12.3. The molecule has 0 N–H and O–H groups in total. The molecule has 1 aromatic rings. The van der Waals surface area contributed by atoms with Crippen molar-refractivity contribution < 1.29 is 0 Å². The smallest absolute Gasteiger partial charge is 0.0430 e. The number of aryl methyl sites for hydroxylation is 1.